The topological polar surface area (TPSA) is 275 Å². The second kappa shape index (κ2) is 23.5. The number of hydrogen-bond donors (Lipinski definition) is 7. The Morgan fingerprint density at radius 1 is 0.691 bits per heavy atom. The van der Waals surface area contributed by atoms with Crippen LogP contribution in [0.3, 0.4) is 0 Å². The number of amides is 4. The number of esters is 2. The standard InChI is InChI=1S/C30H47N3O8S.C18H26N2O5.ClH/c1-28(2,3)24(31-27(38)32-30(15-11-8-12-16-30)19-42(39,40)29(4,5)6)25(36)33-17-21(34)23(35)22(33)26(37)41-18-20-13-9-7-10-14-20;1-18(2,3)15(19)16(23)20-9-12(21)14(22)13(20)17(24)25-10-11-7-5-4-6-8-11;/h7,9-10,13-14,21-24,34-35H,8,11-12,15-19H2,1-6H3,(H2,31,32,38);4-8,12-15,21-22H,9-10,19H2,1-3H3;1H/t21-,22-,23-,24+;12-,13-,14-,15+;/m00./s1. The van der Waals surface area contributed by atoms with Crippen molar-refractivity contribution in [2.75, 3.05) is 18.8 Å². The number of urea groups is 1. The van der Waals surface area contributed by atoms with E-state index >= 15 is 0 Å². The van der Waals surface area contributed by atoms with Gasteiger partial charge < -0.3 is 56.1 Å². The lowest BCUT2D eigenvalue weighted by Crippen LogP contribution is -2.63. The van der Waals surface area contributed by atoms with E-state index in [0.29, 0.717) is 18.4 Å². The number of rotatable bonds is 12. The van der Waals surface area contributed by atoms with E-state index in [-0.39, 0.29) is 44.5 Å². The zero-order valence-electron chi connectivity index (χ0n) is 40.7. The van der Waals surface area contributed by atoms with Crippen LogP contribution in [-0.2, 0) is 51.7 Å². The molecule has 3 fully saturated rings. The molecule has 68 heavy (non-hydrogen) atoms. The van der Waals surface area contributed by atoms with Crippen LogP contribution in [0.15, 0.2) is 60.7 Å². The summed E-state index contributed by atoms with van der Waals surface area (Å²) in [6.07, 6.45) is -2.13. The molecule has 18 nitrogen and oxygen atoms in total. The maximum Gasteiger partial charge on any atom is 0.332 e. The number of β-amino-alcohol motifs (C(OH)–C–C–N with tert-alkyl or cyclic N) is 2. The minimum Gasteiger partial charge on any atom is -0.459 e. The molecule has 0 unspecified atom stereocenters. The van der Waals surface area contributed by atoms with Gasteiger partial charge in [0.05, 0.1) is 35.2 Å². The smallest absolute Gasteiger partial charge is 0.332 e. The Morgan fingerprint density at radius 2 is 1.10 bits per heavy atom. The highest BCUT2D eigenvalue weighted by atomic mass is 35.5. The summed E-state index contributed by atoms with van der Waals surface area (Å²) >= 11 is 0. The van der Waals surface area contributed by atoms with E-state index in [1.807, 2.05) is 24.3 Å². The van der Waals surface area contributed by atoms with Crippen LogP contribution in [0, 0.1) is 10.8 Å². The molecule has 8 N–H and O–H groups in total. The van der Waals surface area contributed by atoms with Gasteiger partial charge in [-0.3, -0.25) is 9.59 Å². The van der Waals surface area contributed by atoms with Crippen LogP contribution in [0.2, 0.25) is 0 Å². The molecule has 2 aliphatic heterocycles. The van der Waals surface area contributed by atoms with Gasteiger partial charge in [0.2, 0.25) is 11.8 Å². The van der Waals surface area contributed by atoms with Crippen LogP contribution in [0.4, 0.5) is 4.79 Å². The molecule has 2 saturated heterocycles. The number of carbonyl (C=O) groups is 5. The normalized spacial score (nSPS) is 23.7. The van der Waals surface area contributed by atoms with E-state index in [9.17, 15) is 52.8 Å². The van der Waals surface area contributed by atoms with E-state index in [0.717, 1.165) is 34.6 Å². The highest BCUT2D eigenvalue weighted by Crippen LogP contribution is 2.34. The number of carbonyl (C=O) groups excluding carboxylic acids is 5. The molecule has 2 aromatic carbocycles. The van der Waals surface area contributed by atoms with E-state index in [1.54, 1.807) is 98.7 Å². The molecule has 1 saturated carbocycles. The van der Waals surface area contributed by atoms with Gasteiger partial charge in [-0.25, -0.2) is 22.8 Å². The molecule has 382 valence electrons. The number of sulfone groups is 1. The number of benzene rings is 2. The molecule has 3 aliphatic rings. The van der Waals surface area contributed by atoms with Crippen LogP contribution in [0.1, 0.15) is 106 Å². The first-order valence-electron chi connectivity index (χ1n) is 22.8. The second-order valence-corrected chi connectivity index (χ2v) is 23.9. The average molecular weight is 997 g/mol. The Hall–Kier alpha value is -4.37. The van der Waals surface area contributed by atoms with E-state index in [1.165, 1.54) is 0 Å². The van der Waals surface area contributed by atoms with Gasteiger partial charge in [0.25, 0.3) is 0 Å². The Bertz CT molecular complexity index is 2120. The number of ether oxygens (including phenoxy) is 2. The predicted molar refractivity (Wildman–Crippen MR) is 256 cm³/mol. The number of aliphatic hydroxyl groups is 4. The SMILES string of the molecule is CC(C)(C)[C@H](N)C(=O)N1C[C@H](O)[C@H](O)[C@H]1C(=O)OCc1ccccc1.CC(C)(C)[C@H](NC(=O)NC1(CS(=O)(=O)C(C)(C)C)CCCCC1)C(=O)N1C[C@H](O)[C@H](O)[C@H]1C(=O)OCc1ccccc1.Cl. The summed E-state index contributed by atoms with van der Waals surface area (Å²) in [5, 5.41) is 46.7. The molecule has 2 heterocycles. The van der Waals surface area contributed by atoms with Gasteiger partial charge in [-0.1, -0.05) is 121 Å². The molecule has 0 aromatic heterocycles. The Labute approximate surface area is 407 Å². The maximum absolute atomic E-state index is 13.9. The van der Waals surface area contributed by atoms with Crippen molar-refractivity contribution in [2.45, 2.75) is 167 Å². The molecule has 1 aliphatic carbocycles. The predicted octanol–water partition coefficient (Wildman–Crippen LogP) is 2.75. The number of nitrogens with one attached hydrogen (secondary N) is 2. The minimum absolute atomic E-state index is 0. The summed E-state index contributed by atoms with van der Waals surface area (Å²) in [5.41, 5.74) is 5.14. The van der Waals surface area contributed by atoms with Gasteiger partial charge in [-0.05, 0) is 55.6 Å². The Morgan fingerprint density at radius 3 is 1.49 bits per heavy atom. The largest absolute Gasteiger partial charge is 0.459 e. The first kappa shape index (κ1) is 57.9. The molecule has 2 aromatic rings. The molecular formula is C48H74ClN5O13S. The first-order chi connectivity index (χ1) is 31.0. The van der Waals surface area contributed by atoms with Gasteiger partial charge in [0.15, 0.2) is 21.9 Å². The molecule has 5 rings (SSSR count). The number of likely N-dealkylation sites (tertiary alicyclic amines) is 2. The lowest BCUT2D eigenvalue weighted by atomic mass is 9.83. The van der Waals surface area contributed by atoms with Gasteiger partial charge in [0.1, 0.15) is 43.7 Å². The summed E-state index contributed by atoms with van der Waals surface area (Å²) in [5.74, 6) is -3.02. The van der Waals surface area contributed by atoms with Crippen LogP contribution >= 0.6 is 12.4 Å². The quantitative estimate of drug-likeness (QED) is 0.151. The van der Waals surface area contributed by atoms with Crippen LogP contribution < -0.4 is 16.4 Å². The lowest BCUT2D eigenvalue weighted by Gasteiger charge is -2.41. The molecule has 0 radical (unpaired) electrons. The van der Waals surface area contributed by atoms with Crippen molar-refractivity contribution in [1.29, 1.82) is 0 Å². The number of halogens is 1. The third-order valence-corrected chi connectivity index (χ3v) is 15.3. The molecule has 0 spiro atoms. The van der Waals surface area contributed by atoms with Crippen LogP contribution in [-0.4, -0.2) is 146 Å². The summed E-state index contributed by atoms with van der Waals surface area (Å²) in [6.45, 7) is 15.0. The first-order valence-corrected chi connectivity index (χ1v) is 24.5. The van der Waals surface area contributed by atoms with Crippen molar-refractivity contribution in [3.63, 3.8) is 0 Å². The van der Waals surface area contributed by atoms with Crippen molar-refractivity contribution >= 4 is 52.0 Å². The van der Waals surface area contributed by atoms with Crippen molar-refractivity contribution in [1.82, 2.24) is 20.4 Å². The summed E-state index contributed by atoms with van der Waals surface area (Å²) in [6, 6.07) is 12.5. The van der Waals surface area contributed by atoms with Crippen LogP contribution in [0.5, 0.6) is 0 Å². The minimum atomic E-state index is -3.57. The van der Waals surface area contributed by atoms with Gasteiger partial charge in [-0.15, -0.1) is 12.4 Å². The molecule has 4 amide bonds. The van der Waals surface area contributed by atoms with E-state index < -0.39 is 109 Å². The average Bonchev–Trinajstić information content (AvgIpc) is 3.72. The number of nitrogens with two attached hydrogens (primary N) is 1. The van der Waals surface area contributed by atoms with Crippen molar-refractivity contribution in [3.05, 3.63) is 71.8 Å². The molecular weight excluding hydrogens is 922 g/mol. The fraction of sp³-hybridized carbons (Fsp3) is 0.646. The molecule has 20 heteroatoms. The fourth-order valence-corrected chi connectivity index (χ4v) is 9.66. The summed E-state index contributed by atoms with van der Waals surface area (Å²) in [4.78, 5) is 67.7. The Balaban J connectivity index is 0.000000402. The van der Waals surface area contributed by atoms with Gasteiger partial charge in [-0.2, -0.15) is 0 Å². The Kier molecular flexibility index (Phi) is 20.0. The second-order valence-electron chi connectivity index (χ2n) is 21.1. The number of nitrogens with zero attached hydrogens (tertiary/aromatic N) is 2. The molecule has 8 atom stereocenters. The van der Waals surface area contributed by atoms with E-state index in [4.69, 9.17) is 15.2 Å². The highest BCUT2D eigenvalue weighted by molar-refractivity contribution is 7.92. The third kappa shape index (κ3) is 14.8. The zero-order chi connectivity index (χ0) is 50.3. The lowest BCUT2D eigenvalue weighted by molar-refractivity contribution is -0.159. The summed E-state index contributed by atoms with van der Waals surface area (Å²) in [7, 11) is -3.57. The van der Waals surface area contributed by atoms with E-state index in [2.05, 4.69) is 10.6 Å². The van der Waals surface area contributed by atoms with Gasteiger partial charge in [0, 0.05) is 0 Å². The van der Waals surface area contributed by atoms with Crippen molar-refractivity contribution in [2.24, 2.45) is 16.6 Å². The van der Waals surface area contributed by atoms with Gasteiger partial charge >= 0.3 is 18.0 Å². The fourth-order valence-electron chi connectivity index (χ4n) is 8.14. The van der Waals surface area contributed by atoms with Crippen LogP contribution in [0.25, 0.3) is 0 Å². The number of aliphatic hydroxyl groups excluding tert-OH is 4. The van der Waals surface area contributed by atoms with Crippen molar-refractivity contribution in [3.8, 4) is 0 Å². The molecule has 0 bridgehead atoms. The summed E-state index contributed by atoms with van der Waals surface area (Å²) < 4.78 is 35.9. The number of hydrogen-bond acceptors (Lipinski definition) is 14. The highest BCUT2D eigenvalue weighted by Gasteiger charge is 2.52. The zero-order valence-corrected chi connectivity index (χ0v) is 42.3. The monoisotopic (exact) mass is 995 g/mol. The maximum atomic E-state index is 13.9. The van der Waals surface area contributed by atoms with Crippen molar-refractivity contribution < 1.29 is 62.3 Å². The third-order valence-electron chi connectivity index (χ3n) is 12.5.